The van der Waals surface area contributed by atoms with Crippen molar-refractivity contribution in [3.63, 3.8) is 0 Å². The van der Waals surface area contributed by atoms with Gasteiger partial charge in [-0.2, -0.15) is 0 Å². The van der Waals surface area contributed by atoms with Crippen LogP contribution in [-0.4, -0.2) is 27.4 Å². The van der Waals surface area contributed by atoms with E-state index >= 15 is 0 Å². The molecular formula is C12H15N3O2. The molecule has 0 aliphatic carbocycles. The summed E-state index contributed by atoms with van der Waals surface area (Å²) in [4.78, 5) is 29.2. The second-order valence-electron chi connectivity index (χ2n) is 4.29. The number of aromatic nitrogens is 1. The van der Waals surface area contributed by atoms with Gasteiger partial charge >= 0.3 is 6.03 Å². The van der Waals surface area contributed by atoms with Crippen molar-refractivity contribution in [2.75, 3.05) is 0 Å². The van der Waals surface area contributed by atoms with Crippen LogP contribution in [0.15, 0.2) is 24.4 Å². The van der Waals surface area contributed by atoms with E-state index in [-0.39, 0.29) is 11.9 Å². The van der Waals surface area contributed by atoms with Gasteiger partial charge in [0.2, 0.25) is 0 Å². The maximum absolute atomic E-state index is 11.7. The number of hydrogen-bond acceptors (Lipinski definition) is 3. The Bertz CT molecular complexity index is 446. The summed E-state index contributed by atoms with van der Waals surface area (Å²) in [6, 6.07) is 5.18. The van der Waals surface area contributed by atoms with Crippen LogP contribution in [0.2, 0.25) is 0 Å². The Kier molecular flexibility index (Phi) is 2.83. The number of amides is 3. The fourth-order valence-electron chi connectivity index (χ4n) is 1.90. The Balaban J connectivity index is 2.25. The maximum Gasteiger partial charge on any atom is 0.325 e. The van der Waals surface area contributed by atoms with Gasteiger partial charge in [0, 0.05) is 6.20 Å². The highest BCUT2D eigenvalue weighted by Crippen LogP contribution is 2.26. The van der Waals surface area contributed by atoms with Crippen LogP contribution in [0.4, 0.5) is 4.79 Å². The summed E-state index contributed by atoms with van der Waals surface area (Å²) < 4.78 is 0. The lowest BCUT2D eigenvalue weighted by Crippen LogP contribution is -2.46. The average molecular weight is 233 g/mol. The molecule has 1 aromatic rings. The molecule has 0 bridgehead atoms. The van der Waals surface area contributed by atoms with Crippen LogP contribution in [0.1, 0.15) is 26.0 Å². The number of urea groups is 1. The first-order chi connectivity index (χ1) is 8.08. The summed E-state index contributed by atoms with van der Waals surface area (Å²) >= 11 is 0. The van der Waals surface area contributed by atoms with Gasteiger partial charge in [0.15, 0.2) is 0 Å². The van der Waals surface area contributed by atoms with Crippen LogP contribution in [0.3, 0.4) is 0 Å². The molecule has 1 aliphatic heterocycles. The van der Waals surface area contributed by atoms with Gasteiger partial charge in [-0.05, 0) is 25.5 Å². The van der Waals surface area contributed by atoms with Gasteiger partial charge in [-0.25, -0.2) is 4.79 Å². The summed E-state index contributed by atoms with van der Waals surface area (Å²) in [5.74, 6) is -0.235. The minimum absolute atomic E-state index is 0.235. The summed E-state index contributed by atoms with van der Waals surface area (Å²) in [5, 5.41) is 2.35. The first kappa shape index (κ1) is 11.6. The third-order valence-corrected chi connectivity index (χ3v) is 3.29. The van der Waals surface area contributed by atoms with E-state index in [1.807, 2.05) is 25.1 Å². The molecule has 0 radical (unpaired) electrons. The first-order valence-electron chi connectivity index (χ1n) is 5.61. The molecular weight excluding hydrogens is 218 g/mol. The van der Waals surface area contributed by atoms with Gasteiger partial charge < -0.3 is 4.90 Å². The monoisotopic (exact) mass is 233 g/mol. The third kappa shape index (κ3) is 1.88. The van der Waals surface area contributed by atoms with Crippen molar-refractivity contribution in [1.29, 1.82) is 0 Å². The molecule has 17 heavy (non-hydrogen) atoms. The van der Waals surface area contributed by atoms with Gasteiger partial charge in [0.05, 0.1) is 12.2 Å². The number of imide groups is 1. The minimum atomic E-state index is -0.769. The van der Waals surface area contributed by atoms with Gasteiger partial charge in [-0.15, -0.1) is 0 Å². The Hall–Kier alpha value is -1.91. The quantitative estimate of drug-likeness (QED) is 0.800. The molecule has 1 saturated heterocycles. The smallest absolute Gasteiger partial charge is 0.304 e. The van der Waals surface area contributed by atoms with E-state index in [1.54, 1.807) is 13.1 Å². The van der Waals surface area contributed by atoms with Gasteiger partial charge in [0.25, 0.3) is 5.91 Å². The SMILES string of the molecule is CCC1(C)C(=O)NC(=O)N1Cc1ccccn1. The van der Waals surface area contributed by atoms with Crippen molar-refractivity contribution in [2.24, 2.45) is 0 Å². The molecule has 1 aliphatic rings. The van der Waals surface area contributed by atoms with E-state index in [0.717, 1.165) is 5.69 Å². The summed E-state index contributed by atoms with van der Waals surface area (Å²) in [6.07, 6.45) is 2.26. The highest BCUT2D eigenvalue weighted by molar-refractivity contribution is 6.06. The van der Waals surface area contributed by atoms with Gasteiger partial charge in [-0.1, -0.05) is 13.0 Å². The van der Waals surface area contributed by atoms with Crippen molar-refractivity contribution in [3.8, 4) is 0 Å². The molecule has 3 amide bonds. The molecule has 1 atom stereocenters. The lowest BCUT2D eigenvalue weighted by Gasteiger charge is -2.30. The van der Waals surface area contributed by atoms with Crippen LogP contribution in [0.25, 0.3) is 0 Å². The fraction of sp³-hybridized carbons (Fsp3) is 0.417. The predicted octanol–water partition coefficient (Wildman–Crippen LogP) is 1.30. The Morgan fingerprint density at radius 1 is 1.41 bits per heavy atom. The standard InChI is InChI=1S/C12H15N3O2/c1-3-12(2)10(16)14-11(17)15(12)8-9-6-4-5-7-13-9/h4-7H,3,8H2,1-2H3,(H,14,16,17). The van der Waals surface area contributed by atoms with Crippen LogP contribution >= 0.6 is 0 Å². The number of rotatable bonds is 3. The third-order valence-electron chi connectivity index (χ3n) is 3.29. The molecule has 0 spiro atoms. The van der Waals surface area contributed by atoms with E-state index in [2.05, 4.69) is 10.3 Å². The maximum atomic E-state index is 11.7. The molecule has 1 aromatic heterocycles. The van der Waals surface area contributed by atoms with Gasteiger partial charge in [0.1, 0.15) is 5.54 Å². The number of carbonyl (C=O) groups is 2. The van der Waals surface area contributed by atoms with Crippen LogP contribution < -0.4 is 5.32 Å². The van der Waals surface area contributed by atoms with Gasteiger partial charge in [-0.3, -0.25) is 15.1 Å². The first-order valence-corrected chi connectivity index (χ1v) is 5.61. The second kappa shape index (κ2) is 4.16. The molecule has 1 N–H and O–H groups in total. The second-order valence-corrected chi connectivity index (χ2v) is 4.29. The summed E-state index contributed by atoms with van der Waals surface area (Å²) in [6.45, 7) is 4.02. The zero-order chi connectivity index (χ0) is 12.5. The van der Waals surface area contributed by atoms with Crippen LogP contribution in [0.5, 0.6) is 0 Å². The van der Waals surface area contributed by atoms with E-state index in [0.29, 0.717) is 13.0 Å². The molecule has 5 heteroatoms. The number of pyridine rings is 1. The molecule has 2 heterocycles. The molecule has 0 aromatic carbocycles. The molecule has 2 rings (SSSR count). The molecule has 1 unspecified atom stereocenters. The van der Waals surface area contributed by atoms with Crippen molar-refractivity contribution < 1.29 is 9.59 Å². The fourth-order valence-corrected chi connectivity index (χ4v) is 1.90. The molecule has 1 fully saturated rings. The topological polar surface area (TPSA) is 62.3 Å². The number of hydrogen-bond donors (Lipinski definition) is 1. The summed E-state index contributed by atoms with van der Waals surface area (Å²) in [5.41, 5.74) is 0.00578. The minimum Gasteiger partial charge on any atom is -0.304 e. The van der Waals surface area contributed by atoms with E-state index in [1.165, 1.54) is 4.90 Å². The van der Waals surface area contributed by atoms with E-state index < -0.39 is 5.54 Å². The Labute approximate surface area is 99.8 Å². The number of nitrogens with zero attached hydrogens (tertiary/aromatic N) is 2. The van der Waals surface area contributed by atoms with Crippen molar-refractivity contribution in [1.82, 2.24) is 15.2 Å². The Morgan fingerprint density at radius 2 is 2.18 bits per heavy atom. The number of nitrogens with one attached hydrogen (secondary N) is 1. The molecule has 90 valence electrons. The summed E-state index contributed by atoms with van der Waals surface area (Å²) in [7, 11) is 0. The van der Waals surface area contributed by atoms with E-state index in [4.69, 9.17) is 0 Å². The normalized spacial score (nSPS) is 24.0. The van der Waals surface area contributed by atoms with Crippen LogP contribution in [0, 0.1) is 0 Å². The van der Waals surface area contributed by atoms with Crippen LogP contribution in [-0.2, 0) is 11.3 Å². The highest BCUT2D eigenvalue weighted by Gasteiger charge is 2.47. The zero-order valence-electron chi connectivity index (χ0n) is 9.93. The molecule has 5 nitrogen and oxygen atoms in total. The largest absolute Gasteiger partial charge is 0.325 e. The van der Waals surface area contributed by atoms with E-state index in [9.17, 15) is 9.59 Å². The lowest BCUT2D eigenvalue weighted by atomic mass is 9.97. The zero-order valence-corrected chi connectivity index (χ0v) is 9.93. The Morgan fingerprint density at radius 3 is 2.76 bits per heavy atom. The lowest BCUT2D eigenvalue weighted by molar-refractivity contribution is -0.126. The van der Waals surface area contributed by atoms with Crippen molar-refractivity contribution >= 4 is 11.9 Å². The molecule has 0 saturated carbocycles. The van der Waals surface area contributed by atoms with Crippen molar-refractivity contribution in [2.45, 2.75) is 32.4 Å². The number of carbonyl (C=O) groups excluding carboxylic acids is 2. The van der Waals surface area contributed by atoms with Crippen molar-refractivity contribution in [3.05, 3.63) is 30.1 Å². The predicted molar refractivity (Wildman–Crippen MR) is 62.0 cm³/mol. The average Bonchev–Trinajstić information content (AvgIpc) is 2.55. The highest BCUT2D eigenvalue weighted by atomic mass is 16.2.